The summed E-state index contributed by atoms with van der Waals surface area (Å²) in [5.41, 5.74) is 1.13. The van der Waals surface area contributed by atoms with E-state index in [0.717, 1.165) is 11.3 Å². The fourth-order valence-electron chi connectivity index (χ4n) is 1.61. The molecule has 1 heterocycles. The molecule has 3 nitrogen and oxygen atoms in total. The summed E-state index contributed by atoms with van der Waals surface area (Å²) in [5, 5.41) is 0.574. The van der Waals surface area contributed by atoms with Crippen LogP contribution in [-0.2, 0) is 0 Å². The standard InChI is InChI=1S/C12H11ClO3/c1-3-15-10-5-4-8-11(14)9(13)6-16-12(8)7(10)2/h4-6H,3H2,1-2H3. The predicted octanol–water partition coefficient (Wildman–Crippen LogP) is 3.15. The summed E-state index contributed by atoms with van der Waals surface area (Å²) in [6.07, 6.45) is 1.26. The smallest absolute Gasteiger partial charge is 0.211 e. The zero-order valence-corrected chi connectivity index (χ0v) is 9.80. The van der Waals surface area contributed by atoms with Crippen LogP contribution in [0, 0.1) is 6.92 Å². The van der Waals surface area contributed by atoms with E-state index in [1.165, 1.54) is 6.26 Å². The number of hydrogen-bond donors (Lipinski definition) is 0. The first-order valence-corrected chi connectivity index (χ1v) is 5.36. The van der Waals surface area contributed by atoms with Crippen molar-refractivity contribution in [1.29, 1.82) is 0 Å². The summed E-state index contributed by atoms with van der Waals surface area (Å²) < 4.78 is 10.7. The third-order valence-corrected chi connectivity index (χ3v) is 2.66. The Morgan fingerprint density at radius 3 is 2.88 bits per heavy atom. The molecule has 0 fully saturated rings. The maximum atomic E-state index is 11.7. The Bertz CT molecular complexity index is 587. The molecule has 0 saturated heterocycles. The van der Waals surface area contributed by atoms with Gasteiger partial charge in [-0.2, -0.15) is 0 Å². The van der Waals surface area contributed by atoms with Crippen LogP contribution in [0.1, 0.15) is 12.5 Å². The monoisotopic (exact) mass is 238 g/mol. The van der Waals surface area contributed by atoms with Gasteiger partial charge in [0.05, 0.1) is 12.0 Å². The summed E-state index contributed by atoms with van der Waals surface area (Å²) in [4.78, 5) is 11.7. The molecule has 0 radical (unpaired) electrons. The van der Waals surface area contributed by atoms with Crippen molar-refractivity contribution < 1.29 is 9.15 Å². The highest BCUT2D eigenvalue weighted by molar-refractivity contribution is 6.30. The van der Waals surface area contributed by atoms with Crippen molar-refractivity contribution in [2.75, 3.05) is 6.61 Å². The Labute approximate surface area is 97.6 Å². The highest BCUT2D eigenvalue weighted by Crippen LogP contribution is 2.26. The summed E-state index contributed by atoms with van der Waals surface area (Å²) in [7, 11) is 0. The molecule has 1 aromatic heterocycles. The van der Waals surface area contributed by atoms with Crippen molar-refractivity contribution in [1.82, 2.24) is 0 Å². The Hall–Kier alpha value is -1.48. The SMILES string of the molecule is CCOc1ccc2c(=O)c(Cl)coc2c1C. The van der Waals surface area contributed by atoms with Gasteiger partial charge in [-0.1, -0.05) is 11.6 Å². The van der Waals surface area contributed by atoms with Crippen molar-refractivity contribution in [3.8, 4) is 5.75 Å². The molecular formula is C12H11ClO3. The van der Waals surface area contributed by atoms with Crippen LogP contribution in [0.5, 0.6) is 5.75 Å². The summed E-state index contributed by atoms with van der Waals surface area (Å²) in [6, 6.07) is 3.43. The van der Waals surface area contributed by atoms with Gasteiger partial charge in [-0.05, 0) is 26.0 Å². The Kier molecular flexibility index (Phi) is 2.88. The van der Waals surface area contributed by atoms with Crippen LogP contribution in [0.3, 0.4) is 0 Å². The van der Waals surface area contributed by atoms with Crippen LogP contribution in [-0.4, -0.2) is 6.61 Å². The minimum Gasteiger partial charge on any atom is -0.493 e. The lowest BCUT2D eigenvalue weighted by molar-refractivity contribution is 0.338. The first kappa shape index (κ1) is 11.0. The molecule has 0 aliphatic carbocycles. The van der Waals surface area contributed by atoms with Gasteiger partial charge in [-0.15, -0.1) is 0 Å². The molecule has 4 heteroatoms. The Morgan fingerprint density at radius 2 is 2.19 bits per heavy atom. The molecule has 1 aromatic carbocycles. The highest BCUT2D eigenvalue weighted by Gasteiger charge is 2.10. The van der Waals surface area contributed by atoms with Crippen LogP contribution < -0.4 is 10.2 Å². The van der Waals surface area contributed by atoms with E-state index >= 15 is 0 Å². The van der Waals surface area contributed by atoms with Gasteiger partial charge < -0.3 is 9.15 Å². The zero-order chi connectivity index (χ0) is 11.7. The molecule has 2 aromatic rings. The van der Waals surface area contributed by atoms with Crippen LogP contribution in [0.2, 0.25) is 5.02 Å². The lowest BCUT2D eigenvalue weighted by Gasteiger charge is -2.08. The third kappa shape index (κ3) is 1.67. The number of benzene rings is 1. The van der Waals surface area contributed by atoms with E-state index in [1.807, 2.05) is 13.8 Å². The zero-order valence-electron chi connectivity index (χ0n) is 9.04. The average Bonchev–Trinajstić information content (AvgIpc) is 2.28. The first-order chi connectivity index (χ1) is 7.65. The van der Waals surface area contributed by atoms with Crippen LogP contribution in [0.4, 0.5) is 0 Å². The number of rotatable bonds is 2. The maximum Gasteiger partial charge on any atom is 0.211 e. The van der Waals surface area contributed by atoms with Crippen molar-refractivity contribution in [2.24, 2.45) is 0 Å². The molecule has 0 amide bonds. The molecule has 0 aliphatic heterocycles. The van der Waals surface area contributed by atoms with E-state index in [0.29, 0.717) is 17.6 Å². The highest BCUT2D eigenvalue weighted by atomic mass is 35.5. The van der Waals surface area contributed by atoms with Crippen LogP contribution in [0.15, 0.2) is 27.6 Å². The molecule has 16 heavy (non-hydrogen) atoms. The van der Waals surface area contributed by atoms with E-state index in [2.05, 4.69) is 0 Å². The molecule has 0 spiro atoms. The number of ether oxygens (including phenoxy) is 1. The Balaban J connectivity index is 2.77. The van der Waals surface area contributed by atoms with Gasteiger partial charge in [0.2, 0.25) is 5.43 Å². The molecule has 0 unspecified atom stereocenters. The second kappa shape index (κ2) is 4.18. The Morgan fingerprint density at radius 1 is 1.44 bits per heavy atom. The molecule has 0 atom stereocenters. The quantitative estimate of drug-likeness (QED) is 0.807. The van der Waals surface area contributed by atoms with Gasteiger partial charge in [-0.25, -0.2) is 0 Å². The third-order valence-electron chi connectivity index (χ3n) is 2.40. The normalized spacial score (nSPS) is 10.7. The van der Waals surface area contributed by atoms with Crippen molar-refractivity contribution in [3.05, 3.63) is 39.2 Å². The van der Waals surface area contributed by atoms with Crippen LogP contribution in [0.25, 0.3) is 11.0 Å². The average molecular weight is 239 g/mol. The molecule has 2 rings (SSSR count). The minimum atomic E-state index is -0.214. The van der Waals surface area contributed by atoms with Crippen molar-refractivity contribution >= 4 is 22.6 Å². The lowest BCUT2D eigenvalue weighted by atomic mass is 10.1. The second-order valence-corrected chi connectivity index (χ2v) is 3.82. The topological polar surface area (TPSA) is 39.4 Å². The van der Waals surface area contributed by atoms with Gasteiger partial charge >= 0.3 is 0 Å². The summed E-state index contributed by atoms with van der Waals surface area (Å²) >= 11 is 5.70. The number of halogens is 1. The lowest BCUT2D eigenvalue weighted by Crippen LogP contribution is -2.03. The molecule has 0 bridgehead atoms. The molecular weight excluding hydrogens is 228 g/mol. The van der Waals surface area contributed by atoms with Gasteiger partial charge in [0.25, 0.3) is 0 Å². The van der Waals surface area contributed by atoms with Gasteiger partial charge in [0.15, 0.2) is 0 Å². The van der Waals surface area contributed by atoms with E-state index in [9.17, 15) is 4.79 Å². The van der Waals surface area contributed by atoms with E-state index in [-0.39, 0.29) is 10.5 Å². The van der Waals surface area contributed by atoms with Crippen molar-refractivity contribution in [3.63, 3.8) is 0 Å². The number of hydrogen-bond acceptors (Lipinski definition) is 3. The summed E-state index contributed by atoms with van der Waals surface area (Å²) in [5.74, 6) is 0.723. The van der Waals surface area contributed by atoms with Gasteiger partial charge in [0, 0.05) is 5.56 Å². The van der Waals surface area contributed by atoms with Crippen molar-refractivity contribution in [2.45, 2.75) is 13.8 Å². The van der Waals surface area contributed by atoms with E-state index in [4.69, 9.17) is 20.8 Å². The fourth-order valence-corrected chi connectivity index (χ4v) is 1.76. The fraction of sp³-hybridized carbons (Fsp3) is 0.250. The van der Waals surface area contributed by atoms with Gasteiger partial charge in [0.1, 0.15) is 22.6 Å². The van der Waals surface area contributed by atoms with E-state index < -0.39 is 0 Å². The number of aryl methyl sites for hydroxylation is 1. The van der Waals surface area contributed by atoms with E-state index in [1.54, 1.807) is 12.1 Å². The van der Waals surface area contributed by atoms with Gasteiger partial charge in [-0.3, -0.25) is 4.79 Å². The summed E-state index contributed by atoms with van der Waals surface area (Å²) in [6.45, 7) is 4.33. The second-order valence-electron chi connectivity index (χ2n) is 3.41. The molecule has 0 aliphatic rings. The van der Waals surface area contributed by atoms with Crippen LogP contribution >= 0.6 is 11.6 Å². The minimum absolute atomic E-state index is 0.0936. The molecule has 0 N–H and O–H groups in total. The number of fused-ring (bicyclic) bond motifs is 1. The maximum absolute atomic E-state index is 11.7. The first-order valence-electron chi connectivity index (χ1n) is 4.98. The largest absolute Gasteiger partial charge is 0.493 e. The predicted molar refractivity (Wildman–Crippen MR) is 63.4 cm³/mol. The molecule has 84 valence electrons. The molecule has 0 saturated carbocycles.